The normalized spacial score (nSPS) is 14.8. The number of aryl methyl sites for hydroxylation is 3. The van der Waals surface area contributed by atoms with E-state index in [1.54, 1.807) is 20.6 Å². The molecule has 0 aromatic carbocycles. The van der Waals surface area contributed by atoms with Crippen molar-refractivity contribution in [3.8, 4) is 0 Å². The number of piperazine rings is 1. The minimum Gasteiger partial charge on any atom is -0.361 e. The van der Waals surface area contributed by atoms with Crippen LogP contribution in [0.15, 0.2) is 10.6 Å². The Bertz CT molecular complexity index is 964. The molecule has 0 spiro atoms. The zero-order valence-corrected chi connectivity index (χ0v) is 19.6. The average Bonchev–Trinajstić information content (AvgIpc) is 3.18. The molecule has 168 valence electrons. The van der Waals surface area contributed by atoms with Crippen LogP contribution in [-0.2, 0) is 22.6 Å². The van der Waals surface area contributed by atoms with Gasteiger partial charge < -0.3 is 14.3 Å². The van der Waals surface area contributed by atoms with E-state index in [9.17, 15) is 9.59 Å². The molecule has 3 rings (SSSR count). The van der Waals surface area contributed by atoms with Crippen molar-refractivity contribution in [1.29, 1.82) is 0 Å². The fraction of sp³-hybridized carbons (Fsp3) is 0.545. The van der Waals surface area contributed by atoms with Crippen molar-refractivity contribution in [3.05, 3.63) is 39.5 Å². The van der Waals surface area contributed by atoms with Crippen LogP contribution < -0.4 is 0 Å². The van der Waals surface area contributed by atoms with Crippen molar-refractivity contribution in [2.24, 2.45) is 5.92 Å². The van der Waals surface area contributed by atoms with Gasteiger partial charge in [-0.2, -0.15) is 5.10 Å². The topological polar surface area (TPSA) is 84.5 Å². The lowest BCUT2D eigenvalue weighted by molar-refractivity contribution is -0.136. The molecule has 1 aliphatic heterocycles. The first-order chi connectivity index (χ1) is 14.7. The fourth-order valence-electron chi connectivity index (χ4n) is 3.68. The van der Waals surface area contributed by atoms with Crippen LogP contribution in [0.1, 0.15) is 42.1 Å². The molecule has 0 saturated carbocycles. The van der Waals surface area contributed by atoms with Gasteiger partial charge in [0.1, 0.15) is 10.9 Å². The predicted molar refractivity (Wildman–Crippen MR) is 119 cm³/mol. The molecule has 0 unspecified atom stereocenters. The van der Waals surface area contributed by atoms with Crippen LogP contribution in [0.2, 0.25) is 5.15 Å². The molecule has 8 nitrogen and oxygen atoms in total. The van der Waals surface area contributed by atoms with Gasteiger partial charge in [-0.25, -0.2) is 0 Å². The molecule has 9 heteroatoms. The second-order valence-electron chi connectivity index (χ2n) is 8.38. The maximum atomic E-state index is 12.6. The molecule has 1 fully saturated rings. The summed E-state index contributed by atoms with van der Waals surface area (Å²) in [6, 6.07) is 0. The van der Waals surface area contributed by atoms with E-state index in [2.05, 4.69) is 24.1 Å². The van der Waals surface area contributed by atoms with Crippen molar-refractivity contribution < 1.29 is 14.1 Å². The first kappa shape index (κ1) is 23.1. The lowest BCUT2D eigenvalue weighted by atomic mass is 10.1. The van der Waals surface area contributed by atoms with Crippen LogP contribution in [0.5, 0.6) is 0 Å². The van der Waals surface area contributed by atoms with Gasteiger partial charge in [0.2, 0.25) is 11.8 Å². The second kappa shape index (κ2) is 9.68. The van der Waals surface area contributed by atoms with Gasteiger partial charge in [0.15, 0.2) is 0 Å². The van der Waals surface area contributed by atoms with E-state index >= 15 is 0 Å². The summed E-state index contributed by atoms with van der Waals surface area (Å²) in [5.74, 6) is 1.03. The Morgan fingerprint density at radius 1 is 1.10 bits per heavy atom. The Hall–Kier alpha value is -2.61. The Morgan fingerprint density at radius 2 is 1.74 bits per heavy atom. The predicted octanol–water partition coefficient (Wildman–Crippen LogP) is 3.03. The minimum atomic E-state index is -0.0927. The summed E-state index contributed by atoms with van der Waals surface area (Å²) in [6.07, 6.45) is 3.54. The van der Waals surface area contributed by atoms with Crippen molar-refractivity contribution in [2.45, 2.75) is 47.6 Å². The van der Waals surface area contributed by atoms with E-state index < -0.39 is 0 Å². The van der Waals surface area contributed by atoms with Gasteiger partial charge in [-0.05, 0) is 32.8 Å². The Balaban J connectivity index is 1.56. The third-order valence-corrected chi connectivity index (χ3v) is 5.89. The average molecular weight is 448 g/mol. The number of rotatable bonds is 6. The molecular weight excluding hydrogens is 418 g/mol. The number of aromatic nitrogens is 3. The largest absolute Gasteiger partial charge is 0.361 e. The summed E-state index contributed by atoms with van der Waals surface area (Å²) >= 11 is 6.45. The quantitative estimate of drug-likeness (QED) is 0.635. The molecule has 0 N–H and O–H groups in total. The van der Waals surface area contributed by atoms with Crippen LogP contribution >= 0.6 is 11.6 Å². The highest BCUT2D eigenvalue weighted by molar-refractivity contribution is 6.31. The number of nitrogens with zero attached hydrogens (tertiary/aromatic N) is 5. The van der Waals surface area contributed by atoms with E-state index in [0.717, 1.165) is 29.1 Å². The van der Waals surface area contributed by atoms with E-state index in [0.29, 0.717) is 43.0 Å². The number of carbonyl (C=O) groups is 2. The monoisotopic (exact) mass is 447 g/mol. The van der Waals surface area contributed by atoms with Gasteiger partial charge >= 0.3 is 0 Å². The number of halogens is 1. The van der Waals surface area contributed by atoms with Crippen molar-refractivity contribution in [2.75, 3.05) is 26.2 Å². The van der Waals surface area contributed by atoms with Gasteiger partial charge in [0, 0.05) is 49.9 Å². The van der Waals surface area contributed by atoms with Gasteiger partial charge in [-0.15, -0.1) is 0 Å². The zero-order chi connectivity index (χ0) is 22.7. The van der Waals surface area contributed by atoms with Crippen LogP contribution in [0.25, 0.3) is 6.08 Å². The van der Waals surface area contributed by atoms with Crippen LogP contribution in [0.3, 0.4) is 0 Å². The summed E-state index contributed by atoms with van der Waals surface area (Å²) in [5, 5.41) is 8.91. The summed E-state index contributed by atoms with van der Waals surface area (Å²) in [4.78, 5) is 28.8. The van der Waals surface area contributed by atoms with E-state index in [1.165, 1.54) is 6.08 Å². The molecule has 2 amide bonds. The molecular formula is C22H30ClN5O3. The Kier molecular flexibility index (Phi) is 7.20. The fourth-order valence-corrected chi connectivity index (χ4v) is 3.98. The Morgan fingerprint density at radius 3 is 2.32 bits per heavy atom. The number of amides is 2. The highest BCUT2D eigenvalue weighted by atomic mass is 35.5. The maximum absolute atomic E-state index is 12.6. The highest BCUT2D eigenvalue weighted by Gasteiger charge is 2.25. The molecule has 2 aromatic heterocycles. The smallest absolute Gasteiger partial charge is 0.246 e. The molecule has 3 heterocycles. The van der Waals surface area contributed by atoms with Gasteiger partial charge in [-0.3, -0.25) is 14.3 Å². The molecule has 0 bridgehead atoms. The lowest BCUT2D eigenvalue weighted by Crippen LogP contribution is -2.50. The number of hydrogen-bond donors (Lipinski definition) is 0. The third-order valence-electron chi connectivity index (χ3n) is 5.49. The molecule has 1 aliphatic rings. The van der Waals surface area contributed by atoms with Crippen LogP contribution in [0.4, 0.5) is 0 Å². The molecule has 1 saturated heterocycles. The summed E-state index contributed by atoms with van der Waals surface area (Å²) in [6.45, 7) is 12.5. The van der Waals surface area contributed by atoms with Crippen molar-refractivity contribution >= 4 is 29.5 Å². The number of hydrogen-bond acceptors (Lipinski definition) is 5. The lowest BCUT2D eigenvalue weighted by Gasteiger charge is -2.34. The van der Waals surface area contributed by atoms with Gasteiger partial charge in [-0.1, -0.05) is 30.6 Å². The molecule has 2 aromatic rings. The first-order valence-corrected chi connectivity index (χ1v) is 10.9. The molecule has 31 heavy (non-hydrogen) atoms. The molecule has 0 radical (unpaired) electrons. The van der Waals surface area contributed by atoms with Crippen molar-refractivity contribution in [1.82, 2.24) is 24.7 Å². The maximum Gasteiger partial charge on any atom is 0.246 e. The summed E-state index contributed by atoms with van der Waals surface area (Å²) in [7, 11) is 0. The zero-order valence-electron chi connectivity index (χ0n) is 18.8. The standard InChI is InChI=1S/C22H30ClN5O3/c1-14(2)13-28-22(23)18(15(3)24-28)6-7-20(29)26-8-10-27(11-9-26)21(30)12-19-16(4)25-31-17(19)5/h6-7,14H,8-13H2,1-5H3. The van der Waals surface area contributed by atoms with E-state index in [-0.39, 0.29) is 18.2 Å². The Labute approximate surface area is 187 Å². The summed E-state index contributed by atoms with van der Waals surface area (Å²) < 4.78 is 6.91. The van der Waals surface area contributed by atoms with Gasteiger partial charge in [0.05, 0.1) is 17.8 Å². The van der Waals surface area contributed by atoms with Crippen molar-refractivity contribution in [3.63, 3.8) is 0 Å². The van der Waals surface area contributed by atoms with Crippen LogP contribution in [-0.4, -0.2) is 62.7 Å². The number of carbonyl (C=O) groups excluding carboxylic acids is 2. The SMILES string of the molecule is Cc1nn(CC(C)C)c(Cl)c1C=CC(=O)N1CCN(C(=O)Cc2c(C)noc2C)CC1. The highest BCUT2D eigenvalue weighted by Crippen LogP contribution is 2.22. The summed E-state index contributed by atoms with van der Waals surface area (Å²) in [5.41, 5.74) is 3.15. The molecule has 0 atom stereocenters. The van der Waals surface area contributed by atoms with Gasteiger partial charge in [0.25, 0.3) is 0 Å². The third kappa shape index (κ3) is 5.36. The second-order valence-corrected chi connectivity index (χ2v) is 8.74. The van der Waals surface area contributed by atoms with Crippen LogP contribution in [0, 0.1) is 26.7 Å². The molecule has 0 aliphatic carbocycles. The van der Waals surface area contributed by atoms with E-state index in [4.69, 9.17) is 16.1 Å². The van der Waals surface area contributed by atoms with E-state index in [1.807, 2.05) is 20.8 Å². The minimum absolute atomic E-state index is 0.0250. The first-order valence-electron chi connectivity index (χ1n) is 10.6.